The Hall–Kier alpha value is -1.93. The predicted octanol–water partition coefficient (Wildman–Crippen LogP) is 7.26. The van der Waals surface area contributed by atoms with Gasteiger partial charge in [0.05, 0.1) is 0 Å². The van der Waals surface area contributed by atoms with Crippen LogP contribution in [0.25, 0.3) is 10.8 Å². The maximum absolute atomic E-state index is 4.03. The van der Waals surface area contributed by atoms with Crippen molar-refractivity contribution in [1.29, 1.82) is 0 Å². The second-order valence-corrected chi connectivity index (χ2v) is 11.1. The van der Waals surface area contributed by atoms with Crippen molar-refractivity contribution in [3.8, 4) is 0 Å². The molecule has 1 saturated carbocycles. The zero-order valence-corrected chi connectivity index (χ0v) is 17.9. The van der Waals surface area contributed by atoms with Crippen LogP contribution in [0, 0.1) is 5.92 Å². The molecule has 0 radical (unpaired) electrons. The van der Waals surface area contributed by atoms with Gasteiger partial charge in [-0.3, -0.25) is 0 Å². The van der Waals surface area contributed by atoms with E-state index in [0.717, 1.165) is 0 Å². The van der Waals surface area contributed by atoms with E-state index in [1.807, 2.05) is 0 Å². The summed E-state index contributed by atoms with van der Waals surface area (Å²) in [5.74, 6) is 0.686. The maximum Gasteiger partial charge on any atom is 0.0460 e. The lowest BCUT2D eigenvalue weighted by Crippen LogP contribution is -2.52. The number of thioether (sulfide) groups is 1. The smallest absolute Gasteiger partial charge is 0.0460 e. The van der Waals surface area contributed by atoms with E-state index in [4.69, 9.17) is 0 Å². The summed E-state index contributed by atoms with van der Waals surface area (Å²) in [5.41, 5.74) is 3.07. The van der Waals surface area contributed by atoms with Crippen molar-refractivity contribution in [1.82, 2.24) is 0 Å². The Bertz CT molecular complexity index is 1010. The lowest BCUT2D eigenvalue weighted by molar-refractivity contribution is 0.186. The summed E-state index contributed by atoms with van der Waals surface area (Å²) < 4.78 is 0.285. The molecule has 2 heteroatoms. The third kappa shape index (κ3) is 2.93. The van der Waals surface area contributed by atoms with Gasteiger partial charge in [-0.05, 0) is 53.7 Å². The third-order valence-corrected chi connectivity index (χ3v) is 8.48. The number of anilines is 1. The highest BCUT2D eigenvalue weighted by Gasteiger charge is 2.48. The van der Waals surface area contributed by atoms with E-state index in [-0.39, 0.29) is 10.2 Å². The molecule has 28 heavy (non-hydrogen) atoms. The average Bonchev–Trinajstić information content (AvgIpc) is 2.68. The second kappa shape index (κ2) is 6.56. The third-order valence-electron chi connectivity index (χ3n) is 7.11. The average molecular weight is 388 g/mol. The number of hydrogen-bond donors (Lipinski definition) is 1. The first-order chi connectivity index (χ1) is 13.5. The minimum atomic E-state index is 0.202. The maximum atomic E-state index is 4.03. The Balaban J connectivity index is 1.51. The fourth-order valence-corrected chi connectivity index (χ4v) is 6.95. The van der Waals surface area contributed by atoms with Crippen molar-refractivity contribution < 1.29 is 0 Å². The van der Waals surface area contributed by atoms with Crippen LogP contribution in [0.2, 0.25) is 0 Å². The highest BCUT2D eigenvalue weighted by Crippen LogP contribution is 2.54. The minimum absolute atomic E-state index is 0.202. The molecule has 144 valence electrons. The van der Waals surface area contributed by atoms with Crippen LogP contribution in [-0.4, -0.2) is 10.8 Å². The molecule has 1 aliphatic carbocycles. The minimum Gasteiger partial charge on any atom is -0.381 e. The van der Waals surface area contributed by atoms with E-state index in [9.17, 15) is 0 Å². The first-order valence-electron chi connectivity index (χ1n) is 10.5. The van der Waals surface area contributed by atoms with E-state index in [2.05, 4.69) is 105 Å². The molecule has 0 bridgehead atoms. The van der Waals surface area contributed by atoms with E-state index in [0.29, 0.717) is 12.0 Å². The van der Waals surface area contributed by atoms with Gasteiger partial charge in [0.25, 0.3) is 0 Å². The number of fused-ring (bicyclic) bond motifs is 4. The van der Waals surface area contributed by atoms with Gasteiger partial charge in [-0.2, -0.15) is 0 Å². The molecule has 5 rings (SSSR count). The molecule has 1 heterocycles. The molecule has 0 spiro atoms. The van der Waals surface area contributed by atoms with Crippen molar-refractivity contribution in [2.24, 2.45) is 5.92 Å². The van der Waals surface area contributed by atoms with Crippen LogP contribution in [0.15, 0.2) is 71.6 Å². The Kier molecular flexibility index (Phi) is 4.24. The second-order valence-electron chi connectivity index (χ2n) is 9.40. The quantitative estimate of drug-likeness (QED) is 0.496. The van der Waals surface area contributed by atoms with Crippen molar-refractivity contribution in [3.63, 3.8) is 0 Å². The number of hydrogen-bond acceptors (Lipinski definition) is 2. The summed E-state index contributed by atoms with van der Waals surface area (Å²) in [6.07, 6.45) is 3.78. The number of benzene rings is 3. The monoisotopic (exact) mass is 387 g/mol. The summed E-state index contributed by atoms with van der Waals surface area (Å²) in [4.78, 5) is 1.39. The largest absolute Gasteiger partial charge is 0.381 e. The van der Waals surface area contributed by atoms with Crippen LogP contribution in [0.5, 0.6) is 0 Å². The van der Waals surface area contributed by atoms with E-state index >= 15 is 0 Å². The first-order valence-corrected chi connectivity index (χ1v) is 11.3. The van der Waals surface area contributed by atoms with Crippen LogP contribution in [-0.2, 0) is 5.41 Å². The van der Waals surface area contributed by atoms with Crippen molar-refractivity contribution in [2.75, 3.05) is 5.32 Å². The normalized spacial score (nSPS) is 28.2. The molecule has 1 aliphatic heterocycles. The van der Waals surface area contributed by atoms with Crippen molar-refractivity contribution in [3.05, 3.63) is 72.3 Å². The summed E-state index contributed by atoms with van der Waals surface area (Å²) in [5, 5.41) is 6.73. The fourth-order valence-electron chi connectivity index (χ4n) is 5.60. The summed E-state index contributed by atoms with van der Waals surface area (Å²) in [6, 6.07) is 24.9. The van der Waals surface area contributed by atoms with Gasteiger partial charge in [0.1, 0.15) is 0 Å². The zero-order valence-electron chi connectivity index (χ0n) is 17.0. The van der Waals surface area contributed by atoms with Gasteiger partial charge in [0, 0.05) is 26.8 Å². The van der Waals surface area contributed by atoms with Gasteiger partial charge in [-0.25, -0.2) is 0 Å². The van der Waals surface area contributed by atoms with Gasteiger partial charge in [0.2, 0.25) is 0 Å². The molecule has 3 atom stereocenters. The lowest BCUT2D eigenvalue weighted by atomic mass is 9.61. The van der Waals surface area contributed by atoms with Crippen molar-refractivity contribution >= 4 is 28.2 Å². The van der Waals surface area contributed by atoms with E-state index in [1.165, 1.54) is 46.2 Å². The molecular weight excluding hydrogens is 358 g/mol. The standard InChI is InChI=1S/C26H29NS/c1-25(2)21-15-16-26(3,28-19-10-5-4-6-11-19)17-23(21)27-24-20-12-8-7-9-18(20)13-14-22(24)25/h4-14,21,23,27H,15-17H2,1-3H3/t21-,23-,26?/m0/s1. The summed E-state index contributed by atoms with van der Waals surface area (Å²) >= 11 is 2.07. The van der Waals surface area contributed by atoms with E-state index in [1.54, 1.807) is 0 Å². The van der Waals surface area contributed by atoms with Gasteiger partial charge >= 0.3 is 0 Å². The number of nitrogens with one attached hydrogen (secondary N) is 1. The zero-order chi connectivity index (χ0) is 19.4. The predicted molar refractivity (Wildman–Crippen MR) is 122 cm³/mol. The summed E-state index contributed by atoms with van der Waals surface area (Å²) in [6.45, 7) is 7.40. The van der Waals surface area contributed by atoms with E-state index < -0.39 is 0 Å². The van der Waals surface area contributed by atoms with Crippen LogP contribution in [0.3, 0.4) is 0 Å². The van der Waals surface area contributed by atoms with Crippen molar-refractivity contribution in [2.45, 2.75) is 61.1 Å². The Morgan fingerprint density at radius 2 is 1.64 bits per heavy atom. The van der Waals surface area contributed by atoms with Crippen LogP contribution in [0.1, 0.15) is 45.6 Å². The molecule has 0 saturated heterocycles. The number of rotatable bonds is 2. The molecule has 0 amide bonds. The highest BCUT2D eigenvalue weighted by atomic mass is 32.2. The van der Waals surface area contributed by atoms with Gasteiger partial charge in [0.15, 0.2) is 0 Å². The Morgan fingerprint density at radius 3 is 2.46 bits per heavy atom. The van der Waals surface area contributed by atoms with Gasteiger partial charge < -0.3 is 5.32 Å². The van der Waals surface area contributed by atoms with Crippen LogP contribution >= 0.6 is 11.8 Å². The van der Waals surface area contributed by atoms with Gasteiger partial charge in [-0.15, -0.1) is 11.8 Å². The molecule has 1 unspecified atom stereocenters. The summed E-state index contributed by atoms with van der Waals surface area (Å²) in [7, 11) is 0. The molecule has 1 N–H and O–H groups in total. The molecule has 1 nitrogen and oxygen atoms in total. The topological polar surface area (TPSA) is 12.0 Å². The molecule has 3 aromatic carbocycles. The Morgan fingerprint density at radius 1 is 0.893 bits per heavy atom. The lowest BCUT2D eigenvalue weighted by Gasteiger charge is -2.52. The fraction of sp³-hybridized carbons (Fsp3) is 0.385. The van der Waals surface area contributed by atoms with Crippen LogP contribution in [0.4, 0.5) is 5.69 Å². The van der Waals surface area contributed by atoms with Crippen LogP contribution < -0.4 is 5.32 Å². The first kappa shape index (κ1) is 18.1. The molecule has 2 aliphatic rings. The Labute approximate surface area is 172 Å². The van der Waals surface area contributed by atoms with Gasteiger partial charge in [-0.1, -0.05) is 75.4 Å². The molecule has 1 fully saturated rings. The highest BCUT2D eigenvalue weighted by molar-refractivity contribution is 8.00. The molecule has 3 aromatic rings. The SMILES string of the molecule is CC1(Sc2ccccc2)CC[C@H]2[C@H](C1)Nc1c(ccc3ccccc13)C2(C)C. The molecular formula is C26H29NS. The molecule has 0 aromatic heterocycles.